The van der Waals surface area contributed by atoms with Crippen LogP contribution in [-0.4, -0.2) is 17.0 Å². The molecule has 0 radical (unpaired) electrons. The average molecular weight is 279 g/mol. The first-order chi connectivity index (χ1) is 8.83. The van der Waals surface area contributed by atoms with Crippen molar-refractivity contribution in [3.8, 4) is 0 Å². The SMILES string of the molecule is CCCNC(CSC(C)(C)C)c1cc(C)ccc1C. The third-order valence-electron chi connectivity index (χ3n) is 3.13. The van der Waals surface area contributed by atoms with Gasteiger partial charge in [0.05, 0.1) is 0 Å². The summed E-state index contributed by atoms with van der Waals surface area (Å²) in [5.41, 5.74) is 4.21. The van der Waals surface area contributed by atoms with Crippen LogP contribution < -0.4 is 5.32 Å². The van der Waals surface area contributed by atoms with Crippen LogP contribution in [-0.2, 0) is 0 Å². The molecule has 1 unspecified atom stereocenters. The van der Waals surface area contributed by atoms with Crippen LogP contribution in [0.5, 0.6) is 0 Å². The Hall–Kier alpha value is -0.470. The Kier molecular flexibility index (Phi) is 6.41. The Morgan fingerprint density at radius 1 is 1.21 bits per heavy atom. The van der Waals surface area contributed by atoms with E-state index in [2.05, 4.69) is 65.1 Å². The van der Waals surface area contributed by atoms with Gasteiger partial charge in [0.1, 0.15) is 0 Å². The van der Waals surface area contributed by atoms with Crippen molar-refractivity contribution in [1.82, 2.24) is 5.32 Å². The van der Waals surface area contributed by atoms with Crippen LogP contribution in [0.25, 0.3) is 0 Å². The summed E-state index contributed by atoms with van der Waals surface area (Å²) < 4.78 is 0.323. The quantitative estimate of drug-likeness (QED) is 0.797. The van der Waals surface area contributed by atoms with E-state index in [0.717, 1.165) is 12.3 Å². The van der Waals surface area contributed by atoms with Crippen LogP contribution in [0.4, 0.5) is 0 Å². The summed E-state index contributed by atoms with van der Waals surface area (Å²) in [6.45, 7) is 14.6. The van der Waals surface area contributed by atoms with E-state index >= 15 is 0 Å². The molecule has 0 fully saturated rings. The molecular formula is C17H29NS. The van der Waals surface area contributed by atoms with Gasteiger partial charge in [-0.05, 0) is 37.9 Å². The van der Waals surface area contributed by atoms with Crippen LogP contribution in [0.2, 0.25) is 0 Å². The lowest BCUT2D eigenvalue weighted by molar-refractivity contribution is 0.573. The first kappa shape index (κ1) is 16.6. The lowest BCUT2D eigenvalue weighted by Gasteiger charge is -2.25. The van der Waals surface area contributed by atoms with E-state index in [1.807, 2.05) is 11.8 Å². The van der Waals surface area contributed by atoms with Crippen molar-refractivity contribution >= 4 is 11.8 Å². The molecule has 1 rings (SSSR count). The van der Waals surface area contributed by atoms with Crippen molar-refractivity contribution in [1.29, 1.82) is 0 Å². The summed E-state index contributed by atoms with van der Waals surface area (Å²) >= 11 is 2.04. The molecule has 1 nitrogen and oxygen atoms in total. The second-order valence-electron chi connectivity index (χ2n) is 6.29. The number of rotatable bonds is 6. The summed E-state index contributed by atoms with van der Waals surface area (Å²) in [6, 6.07) is 7.25. The topological polar surface area (TPSA) is 12.0 Å². The third-order valence-corrected chi connectivity index (χ3v) is 4.50. The van der Waals surface area contributed by atoms with Crippen LogP contribution in [0.15, 0.2) is 18.2 Å². The van der Waals surface area contributed by atoms with Crippen molar-refractivity contribution in [2.75, 3.05) is 12.3 Å². The fourth-order valence-electron chi connectivity index (χ4n) is 2.05. The minimum Gasteiger partial charge on any atom is -0.309 e. The highest BCUT2D eigenvalue weighted by Gasteiger charge is 2.18. The smallest absolute Gasteiger partial charge is 0.0414 e. The number of hydrogen-bond donors (Lipinski definition) is 1. The van der Waals surface area contributed by atoms with Crippen molar-refractivity contribution in [3.05, 3.63) is 34.9 Å². The molecule has 1 atom stereocenters. The lowest BCUT2D eigenvalue weighted by Crippen LogP contribution is -2.26. The van der Waals surface area contributed by atoms with Gasteiger partial charge < -0.3 is 5.32 Å². The molecule has 108 valence electrons. The van der Waals surface area contributed by atoms with Gasteiger partial charge in [0.15, 0.2) is 0 Å². The van der Waals surface area contributed by atoms with Crippen LogP contribution >= 0.6 is 11.8 Å². The molecule has 1 aromatic rings. The van der Waals surface area contributed by atoms with E-state index in [1.165, 1.54) is 23.1 Å². The second kappa shape index (κ2) is 7.35. The molecule has 1 aromatic carbocycles. The fourth-order valence-corrected chi connectivity index (χ4v) is 3.01. The zero-order chi connectivity index (χ0) is 14.5. The van der Waals surface area contributed by atoms with E-state index in [9.17, 15) is 0 Å². The number of aryl methyl sites for hydroxylation is 2. The zero-order valence-electron chi connectivity index (χ0n) is 13.3. The number of nitrogens with one attached hydrogen (secondary N) is 1. The molecule has 0 aliphatic heterocycles. The van der Waals surface area contributed by atoms with Gasteiger partial charge in [0.2, 0.25) is 0 Å². The Bertz CT molecular complexity index is 393. The molecular weight excluding hydrogens is 250 g/mol. The van der Waals surface area contributed by atoms with Gasteiger partial charge in [-0.1, -0.05) is 51.5 Å². The molecule has 0 spiro atoms. The molecule has 0 heterocycles. The fraction of sp³-hybridized carbons (Fsp3) is 0.647. The highest BCUT2D eigenvalue weighted by molar-refractivity contribution is 8.00. The summed E-state index contributed by atoms with van der Waals surface area (Å²) in [4.78, 5) is 0. The van der Waals surface area contributed by atoms with Crippen LogP contribution in [0, 0.1) is 13.8 Å². The van der Waals surface area contributed by atoms with E-state index in [4.69, 9.17) is 0 Å². The molecule has 0 saturated carbocycles. The number of hydrogen-bond acceptors (Lipinski definition) is 2. The van der Waals surface area contributed by atoms with Crippen molar-refractivity contribution in [2.24, 2.45) is 0 Å². The Balaban J connectivity index is 2.85. The largest absolute Gasteiger partial charge is 0.309 e. The van der Waals surface area contributed by atoms with Crippen molar-refractivity contribution < 1.29 is 0 Å². The minimum absolute atomic E-state index is 0.323. The molecule has 0 bridgehead atoms. The summed E-state index contributed by atoms with van der Waals surface area (Å²) in [6.07, 6.45) is 1.18. The highest BCUT2D eigenvalue weighted by Crippen LogP contribution is 2.30. The molecule has 0 aromatic heterocycles. The monoisotopic (exact) mass is 279 g/mol. The van der Waals surface area contributed by atoms with E-state index in [1.54, 1.807) is 0 Å². The Labute approximate surface area is 123 Å². The van der Waals surface area contributed by atoms with Gasteiger partial charge >= 0.3 is 0 Å². The van der Waals surface area contributed by atoms with Gasteiger partial charge in [-0.25, -0.2) is 0 Å². The number of benzene rings is 1. The van der Waals surface area contributed by atoms with E-state index in [-0.39, 0.29) is 0 Å². The first-order valence-electron chi connectivity index (χ1n) is 7.28. The van der Waals surface area contributed by atoms with E-state index < -0.39 is 0 Å². The zero-order valence-corrected chi connectivity index (χ0v) is 14.2. The third kappa shape index (κ3) is 6.01. The molecule has 0 aliphatic rings. The summed E-state index contributed by atoms with van der Waals surface area (Å²) in [5, 5.41) is 3.71. The molecule has 2 heteroatoms. The predicted octanol–water partition coefficient (Wildman–Crippen LogP) is 4.88. The molecule has 0 amide bonds. The average Bonchev–Trinajstić information content (AvgIpc) is 2.32. The highest BCUT2D eigenvalue weighted by atomic mass is 32.2. The predicted molar refractivity (Wildman–Crippen MR) is 89.2 cm³/mol. The van der Waals surface area contributed by atoms with Gasteiger partial charge in [-0.2, -0.15) is 11.8 Å². The van der Waals surface area contributed by atoms with Crippen molar-refractivity contribution in [2.45, 2.75) is 58.8 Å². The maximum absolute atomic E-state index is 3.71. The summed E-state index contributed by atoms with van der Waals surface area (Å²) in [7, 11) is 0. The number of thioether (sulfide) groups is 1. The van der Waals surface area contributed by atoms with Gasteiger partial charge in [0, 0.05) is 16.5 Å². The van der Waals surface area contributed by atoms with Gasteiger partial charge in [-0.3, -0.25) is 0 Å². The maximum atomic E-state index is 3.71. The Morgan fingerprint density at radius 3 is 2.47 bits per heavy atom. The molecule has 1 N–H and O–H groups in total. The lowest BCUT2D eigenvalue weighted by atomic mass is 10.00. The standard InChI is InChI=1S/C17H29NS/c1-7-10-18-16(12-19-17(4,5)6)15-11-13(2)8-9-14(15)3/h8-9,11,16,18H,7,10,12H2,1-6H3. The van der Waals surface area contributed by atoms with Crippen molar-refractivity contribution in [3.63, 3.8) is 0 Å². The van der Waals surface area contributed by atoms with Gasteiger partial charge in [0.25, 0.3) is 0 Å². The van der Waals surface area contributed by atoms with Crippen LogP contribution in [0.1, 0.15) is 56.8 Å². The van der Waals surface area contributed by atoms with E-state index in [0.29, 0.717) is 10.8 Å². The summed E-state index contributed by atoms with van der Waals surface area (Å²) in [5.74, 6) is 1.13. The van der Waals surface area contributed by atoms with Crippen LogP contribution in [0.3, 0.4) is 0 Å². The minimum atomic E-state index is 0.323. The first-order valence-corrected chi connectivity index (χ1v) is 8.26. The molecule has 19 heavy (non-hydrogen) atoms. The second-order valence-corrected chi connectivity index (χ2v) is 8.14. The Morgan fingerprint density at radius 2 is 1.89 bits per heavy atom. The molecule has 0 saturated heterocycles. The van der Waals surface area contributed by atoms with Gasteiger partial charge in [-0.15, -0.1) is 0 Å². The normalized spacial score (nSPS) is 13.6. The molecule has 0 aliphatic carbocycles. The maximum Gasteiger partial charge on any atom is 0.0414 e.